The lowest BCUT2D eigenvalue weighted by molar-refractivity contribution is 0.485. The lowest BCUT2D eigenvalue weighted by atomic mass is 10.1. The van der Waals surface area contributed by atoms with Gasteiger partial charge in [-0.1, -0.05) is 55.8 Å². The van der Waals surface area contributed by atoms with E-state index in [1.165, 1.54) is 5.56 Å². The molecule has 0 N–H and O–H groups in total. The maximum atomic E-state index is 6.23. The first kappa shape index (κ1) is 16.4. The fraction of sp³-hybridized carbons (Fsp3) is 0.471. The first-order valence-corrected chi connectivity index (χ1v) is 9.02. The summed E-state index contributed by atoms with van der Waals surface area (Å²) < 4.78 is 1.93. The van der Waals surface area contributed by atoms with Crippen LogP contribution in [-0.2, 0) is 18.7 Å². The van der Waals surface area contributed by atoms with Gasteiger partial charge in [-0.3, -0.25) is 4.68 Å². The Balaban J connectivity index is 1.74. The van der Waals surface area contributed by atoms with E-state index in [9.17, 15) is 0 Å². The third-order valence-electron chi connectivity index (χ3n) is 3.31. The molecule has 0 bridgehead atoms. The molecular weight excluding hydrogens is 300 g/mol. The van der Waals surface area contributed by atoms with Gasteiger partial charge in [0.25, 0.3) is 0 Å². The van der Waals surface area contributed by atoms with Crippen molar-refractivity contribution in [1.29, 1.82) is 0 Å². The SMILES string of the molecule is CC(C)CCn1nc(CCSCc2ccccc2)cc1Cl. The molecule has 2 rings (SSSR count). The van der Waals surface area contributed by atoms with Crippen LogP contribution >= 0.6 is 23.4 Å². The molecular formula is C17H23ClN2S. The van der Waals surface area contributed by atoms with Crippen LogP contribution < -0.4 is 0 Å². The number of hydrogen-bond donors (Lipinski definition) is 0. The molecule has 0 radical (unpaired) electrons. The largest absolute Gasteiger partial charge is 0.254 e. The molecule has 0 atom stereocenters. The van der Waals surface area contributed by atoms with E-state index in [0.29, 0.717) is 5.92 Å². The number of halogens is 1. The number of hydrogen-bond acceptors (Lipinski definition) is 2. The van der Waals surface area contributed by atoms with Gasteiger partial charge in [0.1, 0.15) is 5.15 Å². The molecule has 0 saturated carbocycles. The number of thioether (sulfide) groups is 1. The van der Waals surface area contributed by atoms with Crippen molar-refractivity contribution in [1.82, 2.24) is 9.78 Å². The fourth-order valence-corrected chi connectivity index (χ4v) is 3.22. The molecule has 0 aliphatic rings. The van der Waals surface area contributed by atoms with Crippen molar-refractivity contribution in [3.8, 4) is 0 Å². The molecule has 0 fully saturated rings. The third-order valence-corrected chi connectivity index (χ3v) is 4.65. The molecule has 0 saturated heterocycles. The van der Waals surface area contributed by atoms with Gasteiger partial charge in [0.05, 0.1) is 5.69 Å². The number of benzene rings is 1. The Bertz CT molecular complexity index is 537. The lowest BCUT2D eigenvalue weighted by Crippen LogP contribution is -2.04. The summed E-state index contributed by atoms with van der Waals surface area (Å²) in [5.74, 6) is 2.81. The molecule has 1 heterocycles. The van der Waals surface area contributed by atoms with Crippen LogP contribution in [0.4, 0.5) is 0 Å². The average molecular weight is 323 g/mol. The summed E-state index contributed by atoms with van der Waals surface area (Å²) in [7, 11) is 0. The van der Waals surface area contributed by atoms with Gasteiger partial charge in [-0.15, -0.1) is 0 Å². The summed E-state index contributed by atoms with van der Waals surface area (Å²) in [6.07, 6.45) is 2.09. The van der Waals surface area contributed by atoms with Gasteiger partial charge in [0.2, 0.25) is 0 Å². The second kappa shape index (κ2) is 8.50. The van der Waals surface area contributed by atoms with E-state index in [2.05, 4.69) is 49.3 Å². The zero-order valence-electron chi connectivity index (χ0n) is 12.8. The highest BCUT2D eigenvalue weighted by Crippen LogP contribution is 2.17. The molecule has 0 unspecified atom stereocenters. The van der Waals surface area contributed by atoms with Crippen molar-refractivity contribution in [2.75, 3.05) is 5.75 Å². The number of nitrogens with zero attached hydrogens (tertiary/aromatic N) is 2. The summed E-state index contributed by atoms with van der Waals surface area (Å²) >= 11 is 8.17. The van der Waals surface area contributed by atoms with Gasteiger partial charge in [-0.25, -0.2) is 0 Å². The van der Waals surface area contributed by atoms with Crippen molar-refractivity contribution < 1.29 is 0 Å². The second-order valence-electron chi connectivity index (χ2n) is 5.65. The van der Waals surface area contributed by atoms with Crippen molar-refractivity contribution in [3.63, 3.8) is 0 Å². The summed E-state index contributed by atoms with van der Waals surface area (Å²) in [6.45, 7) is 5.35. The highest BCUT2D eigenvalue weighted by Gasteiger charge is 2.06. The minimum Gasteiger partial charge on any atom is -0.254 e. The first-order valence-electron chi connectivity index (χ1n) is 7.49. The molecule has 0 aliphatic heterocycles. The molecule has 0 amide bonds. The molecule has 21 heavy (non-hydrogen) atoms. The summed E-state index contributed by atoms with van der Waals surface area (Å²) in [5, 5.41) is 5.36. The van der Waals surface area contributed by atoms with Gasteiger partial charge in [-0.05, 0) is 29.7 Å². The zero-order chi connectivity index (χ0) is 15.1. The maximum absolute atomic E-state index is 6.23. The Morgan fingerprint density at radius 1 is 1.24 bits per heavy atom. The molecule has 4 heteroatoms. The molecule has 0 aliphatic carbocycles. The predicted molar refractivity (Wildman–Crippen MR) is 93.0 cm³/mol. The van der Waals surface area contributed by atoms with Gasteiger partial charge >= 0.3 is 0 Å². The van der Waals surface area contributed by atoms with Crippen LogP contribution in [0.2, 0.25) is 5.15 Å². The lowest BCUT2D eigenvalue weighted by Gasteiger charge is -2.05. The van der Waals surface area contributed by atoms with E-state index in [1.54, 1.807) is 0 Å². The van der Waals surface area contributed by atoms with Crippen LogP contribution in [-0.4, -0.2) is 15.5 Å². The monoisotopic (exact) mass is 322 g/mol. The Morgan fingerprint density at radius 2 is 2.00 bits per heavy atom. The fourth-order valence-electron chi connectivity index (χ4n) is 2.04. The first-order chi connectivity index (χ1) is 10.1. The maximum Gasteiger partial charge on any atom is 0.127 e. The van der Waals surface area contributed by atoms with Gasteiger partial charge in [-0.2, -0.15) is 16.9 Å². The normalized spacial score (nSPS) is 11.2. The topological polar surface area (TPSA) is 17.8 Å². The van der Waals surface area contributed by atoms with Crippen LogP contribution in [0.5, 0.6) is 0 Å². The van der Waals surface area contributed by atoms with E-state index in [0.717, 1.165) is 41.7 Å². The van der Waals surface area contributed by atoms with Crippen molar-refractivity contribution >= 4 is 23.4 Å². The number of rotatable bonds is 8. The van der Waals surface area contributed by atoms with Gasteiger partial charge in [0.15, 0.2) is 0 Å². The van der Waals surface area contributed by atoms with Crippen molar-refractivity contribution in [2.45, 2.75) is 39.0 Å². The van der Waals surface area contributed by atoms with E-state index in [1.807, 2.05) is 22.5 Å². The molecule has 114 valence electrons. The summed E-state index contributed by atoms with van der Waals surface area (Å²) in [6, 6.07) is 12.6. The minimum atomic E-state index is 0.676. The van der Waals surface area contributed by atoms with Crippen LogP contribution in [0.1, 0.15) is 31.5 Å². The minimum absolute atomic E-state index is 0.676. The van der Waals surface area contributed by atoms with Crippen LogP contribution in [0.3, 0.4) is 0 Å². The molecule has 1 aromatic carbocycles. The quantitative estimate of drug-likeness (QED) is 0.632. The van der Waals surface area contributed by atoms with E-state index >= 15 is 0 Å². The van der Waals surface area contributed by atoms with Gasteiger partial charge in [0, 0.05) is 18.7 Å². The van der Waals surface area contributed by atoms with Crippen LogP contribution in [0, 0.1) is 5.92 Å². The second-order valence-corrected chi connectivity index (χ2v) is 7.14. The Hall–Kier alpha value is -0.930. The zero-order valence-corrected chi connectivity index (χ0v) is 14.3. The average Bonchev–Trinajstić information content (AvgIpc) is 2.83. The standard InChI is InChI=1S/C17H23ClN2S/c1-14(2)8-10-20-17(18)12-16(19-20)9-11-21-13-15-6-4-3-5-7-15/h3-7,12,14H,8-11,13H2,1-2H3. The molecule has 1 aromatic heterocycles. The number of aryl methyl sites for hydroxylation is 2. The number of aromatic nitrogens is 2. The van der Waals surface area contributed by atoms with Gasteiger partial charge < -0.3 is 0 Å². The summed E-state index contributed by atoms with van der Waals surface area (Å²) in [5.41, 5.74) is 2.48. The van der Waals surface area contributed by atoms with Crippen LogP contribution in [0.15, 0.2) is 36.4 Å². The van der Waals surface area contributed by atoms with Crippen LogP contribution in [0.25, 0.3) is 0 Å². The Morgan fingerprint density at radius 3 is 2.71 bits per heavy atom. The smallest absolute Gasteiger partial charge is 0.127 e. The molecule has 0 spiro atoms. The molecule has 2 nitrogen and oxygen atoms in total. The third kappa shape index (κ3) is 5.76. The van der Waals surface area contributed by atoms with E-state index < -0.39 is 0 Å². The van der Waals surface area contributed by atoms with Crippen molar-refractivity contribution in [2.24, 2.45) is 5.92 Å². The Labute approximate surface area is 136 Å². The predicted octanol–water partition coefficient (Wildman–Crippen LogP) is 5.06. The summed E-state index contributed by atoms with van der Waals surface area (Å²) in [4.78, 5) is 0. The Kier molecular flexibility index (Phi) is 6.65. The molecule has 2 aromatic rings. The highest BCUT2D eigenvalue weighted by atomic mass is 35.5. The van der Waals surface area contributed by atoms with Crippen molar-refractivity contribution in [3.05, 3.63) is 52.8 Å². The highest BCUT2D eigenvalue weighted by molar-refractivity contribution is 7.98. The van der Waals surface area contributed by atoms with E-state index in [4.69, 9.17) is 11.6 Å². The van der Waals surface area contributed by atoms with E-state index in [-0.39, 0.29) is 0 Å².